The number of carbonyl (C=O) groups is 1. The molecule has 0 radical (unpaired) electrons. The third-order valence-corrected chi connectivity index (χ3v) is 6.41. The summed E-state index contributed by atoms with van der Waals surface area (Å²) in [5, 5.41) is 1.78. The zero-order chi connectivity index (χ0) is 17.2. The fourth-order valence-corrected chi connectivity index (χ4v) is 4.82. The molecule has 0 saturated carbocycles. The summed E-state index contributed by atoms with van der Waals surface area (Å²) in [6.45, 7) is 0. The smallest absolute Gasteiger partial charge is 0.276 e. The van der Waals surface area contributed by atoms with Gasteiger partial charge in [0.1, 0.15) is 9.77 Å². The second kappa shape index (κ2) is 7.08. The quantitative estimate of drug-likeness (QED) is 0.771. The van der Waals surface area contributed by atoms with Crippen molar-refractivity contribution in [2.45, 2.75) is 4.90 Å². The van der Waals surface area contributed by atoms with E-state index in [0.717, 1.165) is 11.3 Å². The Hall–Kier alpha value is -1.29. The van der Waals surface area contributed by atoms with Crippen LogP contribution in [0.4, 0.5) is 0 Å². The highest BCUT2D eigenvalue weighted by Gasteiger charge is 2.25. The van der Waals surface area contributed by atoms with E-state index in [-0.39, 0.29) is 25.0 Å². The maximum absolute atomic E-state index is 12.4. The second-order valence-corrected chi connectivity index (χ2v) is 8.00. The number of rotatable bonds is 5. The zero-order valence-corrected chi connectivity index (χ0v) is 15.9. The lowest BCUT2D eigenvalue weighted by Gasteiger charge is -2.12. The average molecular weight is 441 g/mol. The van der Waals surface area contributed by atoms with Gasteiger partial charge >= 0.3 is 0 Å². The maximum atomic E-state index is 12.4. The first-order chi connectivity index (χ1) is 10.8. The lowest BCUT2D eigenvalue weighted by molar-refractivity contribution is 0.0985. The Balaban J connectivity index is 2.40. The minimum absolute atomic E-state index is 0.117. The lowest BCUT2D eigenvalue weighted by atomic mass is 10.3. The molecular weight excluding hydrogens is 430 g/mol. The van der Waals surface area contributed by atoms with E-state index in [0.29, 0.717) is 5.75 Å². The molecule has 0 spiro atoms. The van der Waals surface area contributed by atoms with Crippen molar-refractivity contribution < 1.29 is 22.7 Å². The molecule has 0 aliphatic carbocycles. The van der Waals surface area contributed by atoms with Crippen molar-refractivity contribution in [3.8, 4) is 11.5 Å². The van der Waals surface area contributed by atoms with Gasteiger partial charge in [0.25, 0.3) is 15.9 Å². The molecule has 2 rings (SSSR count). The molecule has 0 bridgehead atoms. The van der Waals surface area contributed by atoms with Crippen molar-refractivity contribution in [2.24, 2.45) is 0 Å². The van der Waals surface area contributed by atoms with E-state index in [2.05, 4.69) is 15.9 Å². The number of amides is 1. The maximum Gasteiger partial charge on any atom is 0.276 e. The Labute approximate surface area is 150 Å². The lowest BCUT2D eigenvalue weighted by Crippen LogP contribution is -2.30. The van der Waals surface area contributed by atoms with Crippen LogP contribution in [0, 0.1) is 0 Å². The largest absolute Gasteiger partial charge is 0.493 e. The SMILES string of the molecule is COc1cc(Br)c(S(=O)(=O)NC(=O)c2sccc2Cl)cc1OC. The Kier molecular flexibility index (Phi) is 5.56. The van der Waals surface area contributed by atoms with Crippen LogP contribution in [-0.2, 0) is 10.0 Å². The number of hydrogen-bond donors (Lipinski definition) is 1. The second-order valence-electron chi connectivity index (χ2n) is 4.17. The van der Waals surface area contributed by atoms with Crippen molar-refractivity contribution >= 4 is 54.8 Å². The number of ether oxygens (including phenoxy) is 2. The van der Waals surface area contributed by atoms with Crippen LogP contribution >= 0.6 is 38.9 Å². The highest BCUT2D eigenvalue weighted by molar-refractivity contribution is 9.10. The van der Waals surface area contributed by atoms with Gasteiger partial charge in [-0.3, -0.25) is 4.79 Å². The van der Waals surface area contributed by atoms with Gasteiger partial charge in [0.15, 0.2) is 11.5 Å². The first-order valence-corrected chi connectivity index (χ1v) is 9.55. The number of thiophene rings is 1. The Morgan fingerprint density at radius 3 is 2.39 bits per heavy atom. The topological polar surface area (TPSA) is 81.7 Å². The van der Waals surface area contributed by atoms with Crippen LogP contribution in [-0.4, -0.2) is 28.5 Å². The van der Waals surface area contributed by atoms with E-state index in [1.54, 1.807) is 5.38 Å². The molecule has 1 aromatic heterocycles. The van der Waals surface area contributed by atoms with Crippen molar-refractivity contribution in [2.75, 3.05) is 14.2 Å². The highest BCUT2D eigenvalue weighted by atomic mass is 79.9. The zero-order valence-electron chi connectivity index (χ0n) is 11.9. The molecule has 0 aliphatic heterocycles. The van der Waals surface area contributed by atoms with E-state index in [1.165, 1.54) is 32.4 Å². The molecule has 0 fully saturated rings. The van der Waals surface area contributed by atoms with E-state index < -0.39 is 15.9 Å². The third kappa shape index (κ3) is 3.79. The van der Waals surface area contributed by atoms with Crippen LogP contribution in [0.2, 0.25) is 5.02 Å². The van der Waals surface area contributed by atoms with E-state index in [1.807, 2.05) is 4.72 Å². The van der Waals surface area contributed by atoms with Crippen LogP contribution in [0.5, 0.6) is 11.5 Å². The van der Waals surface area contributed by atoms with Crippen molar-refractivity contribution in [1.29, 1.82) is 0 Å². The normalized spacial score (nSPS) is 11.1. The Bertz CT molecular complexity index is 850. The summed E-state index contributed by atoms with van der Waals surface area (Å²) in [7, 11) is -1.31. The molecule has 124 valence electrons. The van der Waals surface area contributed by atoms with Crippen LogP contribution in [0.3, 0.4) is 0 Å². The number of sulfonamides is 1. The number of hydrogen-bond acceptors (Lipinski definition) is 6. The summed E-state index contributed by atoms with van der Waals surface area (Å²) in [6, 6.07) is 4.21. The van der Waals surface area contributed by atoms with Crippen LogP contribution in [0.15, 0.2) is 32.9 Å². The van der Waals surface area contributed by atoms with Gasteiger partial charge in [-0.2, -0.15) is 0 Å². The van der Waals surface area contributed by atoms with Crippen LogP contribution in [0.1, 0.15) is 9.67 Å². The molecule has 0 saturated heterocycles. The molecule has 2 aromatic rings. The molecule has 23 heavy (non-hydrogen) atoms. The van der Waals surface area contributed by atoms with Gasteiger partial charge in [-0.1, -0.05) is 11.6 Å². The van der Waals surface area contributed by atoms with Gasteiger partial charge in [-0.25, -0.2) is 13.1 Å². The minimum atomic E-state index is -4.12. The molecule has 1 amide bonds. The van der Waals surface area contributed by atoms with Crippen LogP contribution < -0.4 is 14.2 Å². The summed E-state index contributed by atoms with van der Waals surface area (Å²) in [4.78, 5) is 12.0. The molecule has 6 nitrogen and oxygen atoms in total. The fourth-order valence-electron chi connectivity index (χ4n) is 1.72. The summed E-state index contributed by atoms with van der Waals surface area (Å²) in [5.74, 6) is -0.227. The Morgan fingerprint density at radius 1 is 1.26 bits per heavy atom. The molecular formula is C13H11BrClNO5S2. The molecule has 0 unspecified atom stereocenters. The number of methoxy groups -OCH3 is 2. The molecule has 1 heterocycles. The van der Waals surface area contributed by atoms with E-state index in [4.69, 9.17) is 21.1 Å². The van der Waals surface area contributed by atoms with Gasteiger partial charge in [-0.15, -0.1) is 11.3 Å². The molecule has 0 atom stereocenters. The highest BCUT2D eigenvalue weighted by Crippen LogP contribution is 2.35. The Morgan fingerprint density at radius 2 is 1.87 bits per heavy atom. The monoisotopic (exact) mass is 439 g/mol. The van der Waals surface area contributed by atoms with E-state index in [9.17, 15) is 13.2 Å². The molecule has 1 aromatic carbocycles. The predicted molar refractivity (Wildman–Crippen MR) is 91.2 cm³/mol. The summed E-state index contributed by atoms with van der Waals surface area (Å²) in [6.07, 6.45) is 0. The van der Waals surface area contributed by atoms with Gasteiger partial charge < -0.3 is 9.47 Å². The van der Waals surface area contributed by atoms with Crippen molar-refractivity contribution in [3.05, 3.63) is 38.0 Å². The van der Waals surface area contributed by atoms with Crippen LogP contribution in [0.25, 0.3) is 0 Å². The van der Waals surface area contributed by atoms with Gasteiger partial charge in [-0.05, 0) is 33.4 Å². The van der Waals surface area contributed by atoms with Gasteiger partial charge in [0.2, 0.25) is 0 Å². The standard InChI is InChI=1S/C13H11BrClNO5S2/c1-20-9-5-7(14)11(6-10(9)21-2)23(18,19)16-13(17)12-8(15)3-4-22-12/h3-6H,1-2H3,(H,16,17). The third-order valence-electron chi connectivity index (χ3n) is 2.78. The summed E-state index contributed by atoms with van der Waals surface area (Å²) < 4.78 is 37.3. The molecule has 10 heteroatoms. The number of nitrogens with one attached hydrogen (secondary N) is 1. The first kappa shape index (κ1) is 18.1. The summed E-state index contributed by atoms with van der Waals surface area (Å²) >= 11 is 10.0. The average Bonchev–Trinajstić information content (AvgIpc) is 2.92. The van der Waals surface area contributed by atoms with Crippen molar-refractivity contribution in [1.82, 2.24) is 4.72 Å². The fraction of sp³-hybridized carbons (Fsp3) is 0.154. The van der Waals surface area contributed by atoms with Crippen molar-refractivity contribution in [3.63, 3.8) is 0 Å². The first-order valence-electron chi connectivity index (χ1n) is 6.01. The minimum Gasteiger partial charge on any atom is -0.493 e. The number of carbonyl (C=O) groups excluding carboxylic acids is 1. The number of benzene rings is 1. The van der Waals surface area contributed by atoms with Gasteiger partial charge in [0.05, 0.1) is 19.2 Å². The summed E-state index contributed by atoms with van der Waals surface area (Å²) in [5.41, 5.74) is 0. The van der Waals surface area contributed by atoms with Gasteiger partial charge in [0, 0.05) is 10.5 Å². The molecule has 1 N–H and O–H groups in total. The molecule has 0 aliphatic rings. The van der Waals surface area contributed by atoms with E-state index >= 15 is 0 Å². The number of halogens is 2. The predicted octanol–water partition coefficient (Wildman–Crippen LogP) is 3.30.